The third kappa shape index (κ3) is 5.32. The zero-order chi connectivity index (χ0) is 19.1. The average Bonchev–Trinajstić information content (AvgIpc) is 3.25. The summed E-state index contributed by atoms with van der Waals surface area (Å²) in [7, 11) is 0. The van der Waals surface area contributed by atoms with Crippen LogP contribution in [0.3, 0.4) is 0 Å². The predicted molar refractivity (Wildman–Crippen MR) is 108 cm³/mol. The number of pyridine rings is 1. The highest BCUT2D eigenvalue weighted by atomic mass is 32.2. The minimum atomic E-state index is 0.0487. The molecule has 1 aromatic heterocycles. The van der Waals surface area contributed by atoms with E-state index in [1.165, 1.54) is 11.8 Å². The molecule has 1 aliphatic heterocycles. The second-order valence-corrected chi connectivity index (χ2v) is 7.56. The highest BCUT2D eigenvalue weighted by Gasteiger charge is 2.19. The zero-order valence-corrected chi connectivity index (χ0v) is 16.5. The van der Waals surface area contributed by atoms with Gasteiger partial charge in [0, 0.05) is 32.4 Å². The van der Waals surface area contributed by atoms with Crippen LogP contribution < -0.4 is 0 Å². The number of nitrogens with zero attached hydrogens (tertiary/aromatic N) is 3. The Bertz CT molecular complexity index is 759. The van der Waals surface area contributed by atoms with Crippen LogP contribution in [0, 0.1) is 0 Å². The Morgan fingerprint density at radius 3 is 2.48 bits per heavy atom. The molecule has 2 heterocycles. The van der Waals surface area contributed by atoms with Gasteiger partial charge in [0.1, 0.15) is 0 Å². The molecular formula is C21H25N3O2S. The molecule has 0 saturated carbocycles. The SMILES string of the molecule is CCN(Cc1ccccc1)C(=O)CSc1ccc(C(=O)N2CCCC2)cn1. The van der Waals surface area contributed by atoms with Gasteiger partial charge in [0.15, 0.2) is 0 Å². The number of hydrogen-bond acceptors (Lipinski definition) is 4. The van der Waals surface area contributed by atoms with Crippen molar-refractivity contribution in [2.75, 3.05) is 25.4 Å². The fraction of sp³-hybridized carbons (Fsp3) is 0.381. The third-order valence-corrected chi connectivity index (χ3v) is 5.60. The average molecular weight is 384 g/mol. The number of benzene rings is 1. The van der Waals surface area contributed by atoms with E-state index in [0.29, 0.717) is 24.4 Å². The van der Waals surface area contributed by atoms with Gasteiger partial charge >= 0.3 is 0 Å². The van der Waals surface area contributed by atoms with Crippen LogP contribution in [-0.4, -0.2) is 52.0 Å². The Hall–Kier alpha value is -2.34. The van der Waals surface area contributed by atoms with E-state index in [-0.39, 0.29) is 11.8 Å². The number of aromatic nitrogens is 1. The molecule has 0 aliphatic carbocycles. The first kappa shape index (κ1) is 19.4. The normalized spacial score (nSPS) is 13.6. The fourth-order valence-corrected chi connectivity index (χ4v) is 3.85. The molecule has 0 unspecified atom stereocenters. The molecule has 1 saturated heterocycles. The summed E-state index contributed by atoms with van der Waals surface area (Å²) in [6, 6.07) is 13.6. The summed E-state index contributed by atoms with van der Waals surface area (Å²) in [5.41, 5.74) is 1.74. The summed E-state index contributed by atoms with van der Waals surface area (Å²) in [5, 5.41) is 0.761. The maximum Gasteiger partial charge on any atom is 0.255 e. The zero-order valence-electron chi connectivity index (χ0n) is 15.6. The molecule has 0 N–H and O–H groups in total. The third-order valence-electron chi connectivity index (χ3n) is 4.67. The van der Waals surface area contributed by atoms with Crippen molar-refractivity contribution in [2.45, 2.75) is 31.3 Å². The van der Waals surface area contributed by atoms with Gasteiger partial charge in [-0.05, 0) is 37.5 Å². The lowest BCUT2D eigenvalue weighted by molar-refractivity contribution is -0.128. The standard InChI is InChI=1S/C21H25N3O2S/c1-2-23(15-17-8-4-3-5-9-17)20(25)16-27-19-11-10-18(14-22-19)21(26)24-12-6-7-13-24/h3-5,8-11,14H,2,6-7,12-13,15-16H2,1H3. The molecule has 1 aliphatic rings. The van der Waals surface area contributed by atoms with Crippen molar-refractivity contribution in [1.82, 2.24) is 14.8 Å². The van der Waals surface area contributed by atoms with Crippen molar-refractivity contribution in [2.24, 2.45) is 0 Å². The molecule has 0 bridgehead atoms. The van der Waals surface area contributed by atoms with Crippen LogP contribution in [0.15, 0.2) is 53.7 Å². The van der Waals surface area contributed by atoms with E-state index < -0.39 is 0 Å². The van der Waals surface area contributed by atoms with Gasteiger partial charge in [-0.15, -0.1) is 0 Å². The topological polar surface area (TPSA) is 53.5 Å². The molecule has 5 nitrogen and oxygen atoms in total. The number of thioether (sulfide) groups is 1. The van der Waals surface area contributed by atoms with E-state index in [4.69, 9.17) is 0 Å². The molecule has 27 heavy (non-hydrogen) atoms. The first-order valence-corrected chi connectivity index (χ1v) is 10.4. The van der Waals surface area contributed by atoms with E-state index in [0.717, 1.165) is 36.5 Å². The fourth-order valence-electron chi connectivity index (χ4n) is 3.10. The van der Waals surface area contributed by atoms with Crippen LogP contribution in [0.5, 0.6) is 0 Å². The molecule has 0 atom stereocenters. The largest absolute Gasteiger partial charge is 0.339 e. The van der Waals surface area contributed by atoms with Crippen molar-refractivity contribution >= 4 is 23.6 Å². The number of carbonyl (C=O) groups is 2. The van der Waals surface area contributed by atoms with E-state index >= 15 is 0 Å². The van der Waals surface area contributed by atoms with Gasteiger partial charge < -0.3 is 9.80 Å². The Balaban J connectivity index is 1.52. The number of rotatable bonds is 7. The molecule has 2 amide bonds. The van der Waals surface area contributed by atoms with Gasteiger partial charge in [-0.25, -0.2) is 4.98 Å². The second-order valence-electron chi connectivity index (χ2n) is 6.57. The Morgan fingerprint density at radius 2 is 1.85 bits per heavy atom. The first-order valence-electron chi connectivity index (χ1n) is 9.37. The summed E-state index contributed by atoms with van der Waals surface area (Å²) in [6.45, 7) is 4.94. The molecule has 3 rings (SSSR count). The van der Waals surface area contributed by atoms with E-state index in [1.807, 2.05) is 59.2 Å². The molecule has 0 radical (unpaired) electrons. The lowest BCUT2D eigenvalue weighted by Gasteiger charge is -2.20. The Morgan fingerprint density at radius 1 is 1.11 bits per heavy atom. The second kappa shape index (κ2) is 9.55. The number of carbonyl (C=O) groups excluding carboxylic acids is 2. The van der Waals surface area contributed by atoms with Gasteiger partial charge in [0.25, 0.3) is 5.91 Å². The summed E-state index contributed by atoms with van der Waals surface area (Å²) >= 11 is 1.41. The summed E-state index contributed by atoms with van der Waals surface area (Å²) in [6.07, 6.45) is 3.77. The van der Waals surface area contributed by atoms with Gasteiger partial charge in [-0.3, -0.25) is 9.59 Å². The minimum absolute atomic E-state index is 0.0487. The monoisotopic (exact) mass is 383 g/mol. The van der Waals surface area contributed by atoms with Crippen LogP contribution in [0.4, 0.5) is 0 Å². The highest BCUT2D eigenvalue weighted by Crippen LogP contribution is 2.18. The van der Waals surface area contributed by atoms with Gasteiger partial charge in [-0.1, -0.05) is 42.1 Å². The summed E-state index contributed by atoms with van der Waals surface area (Å²) in [4.78, 5) is 32.9. The van der Waals surface area contributed by atoms with Crippen LogP contribution in [0.2, 0.25) is 0 Å². The molecule has 6 heteroatoms. The highest BCUT2D eigenvalue weighted by molar-refractivity contribution is 7.99. The predicted octanol–water partition coefficient (Wildman–Crippen LogP) is 3.46. The van der Waals surface area contributed by atoms with Crippen LogP contribution >= 0.6 is 11.8 Å². The van der Waals surface area contributed by atoms with Gasteiger partial charge in [-0.2, -0.15) is 0 Å². The molecule has 1 fully saturated rings. The first-order chi connectivity index (χ1) is 13.2. The number of likely N-dealkylation sites (tertiary alicyclic amines) is 1. The molecule has 2 aromatic rings. The van der Waals surface area contributed by atoms with Crippen molar-refractivity contribution < 1.29 is 9.59 Å². The summed E-state index contributed by atoms with van der Waals surface area (Å²) < 4.78 is 0. The lowest BCUT2D eigenvalue weighted by atomic mass is 10.2. The molecule has 142 valence electrons. The minimum Gasteiger partial charge on any atom is -0.339 e. The van der Waals surface area contributed by atoms with E-state index in [2.05, 4.69) is 4.98 Å². The number of hydrogen-bond donors (Lipinski definition) is 0. The van der Waals surface area contributed by atoms with Crippen LogP contribution in [-0.2, 0) is 11.3 Å². The van der Waals surface area contributed by atoms with Crippen molar-refractivity contribution in [1.29, 1.82) is 0 Å². The Labute approximate surface area is 164 Å². The quantitative estimate of drug-likeness (QED) is 0.687. The smallest absolute Gasteiger partial charge is 0.255 e. The molecular weight excluding hydrogens is 358 g/mol. The maximum absolute atomic E-state index is 12.5. The molecule has 1 aromatic carbocycles. The number of amides is 2. The summed E-state index contributed by atoms with van der Waals surface area (Å²) in [5.74, 6) is 0.477. The van der Waals surface area contributed by atoms with Gasteiger partial charge in [0.05, 0.1) is 16.3 Å². The van der Waals surface area contributed by atoms with Crippen molar-refractivity contribution in [3.63, 3.8) is 0 Å². The lowest BCUT2D eigenvalue weighted by Crippen LogP contribution is -2.31. The van der Waals surface area contributed by atoms with E-state index in [1.54, 1.807) is 6.20 Å². The van der Waals surface area contributed by atoms with E-state index in [9.17, 15) is 9.59 Å². The maximum atomic E-state index is 12.5. The molecule has 0 spiro atoms. The Kier molecular flexibility index (Phi) is 6.87. The van der Waals surface area contributed by atoms with Crippen molar-refractivity contribution in [3.8, 4) is 0 Å². The van der Waals surface area contributed by atoms with Crippen LogP contribution in [0.25, 0.3) is 0 Å². The van der Waals surface area contributed by atoms with Crippen LogP contribution in [0.1, 0.15) is 35.7 Å². The van der Waals surface area contributed by atoms with Gasteiger partial charge in [0.2, 0.25) is 5.91 Å². The van der Waals surface area contributed by atoms with Crippen molar-refractivity contribution in [3.05, 3.63) is 59.8 Å².